The average molecular weight is 292 g/mol. The number of rotatable bonds is 4. The van der Waals surface area contributed by atoms with E-state index >= 15 is 0 Å². The number of amides is 2. The number of anilines is 1. The normalized spacial score (nSPS) is 21.7. The van der Waals surface area contributed by atoms with Crippen molar-refractivity contribution in [2.24, 2.45) is 5.92 Å². The fourth-order valence-electron chi connectivity index (χ4n) is 2.82. The Kier molecular flexibility index (Phi) is 5.44. The van der Waals surface area contributed by atoms with Crippen LogP contribution in [0.3, 0.4) is 0 Å². The number of urea groups is 1. The maximum absolute atomic E-state index is 11.9. The van der Waals surface area contributed by atoms with Crippen molar-refractivity contribution >= 4 is 11.7 Å². The van der Waals surface area contributed by atoms with Crippen molar-refractivity contribution in [2.45, 2.75) is 38.7 Å². The number of hydrogen-bond donors (Lipinski definition) is 3. The van der Waals surface area contributed by atoms with Gasteiger partial charge in [0.1, 0.15) is 5.75 Å². The number of carbonyl (C=O) groups is 1. The zero-order valence-corrected chi connectivity index (χ0v) is 12.7. The monoisotopic (exact) mass is 292 g/mol. The highest BCUT2D eigenvalue weighted by molar-refractivity contribution is 5.89. The molecule has 0 aliphatic heterocycles. The first-order valence-electron chi connectivity index (χ1n) is 7.46. The maximum Gasteiger partial charge on any atom is 0.319 e. The predicted octanol–water partition coefficient (Wildman–Crippen LogP) is 2.68. The number of aryl methyl sites for hydroxylation is 1. The average Bonchev–Trinajstić information content (AvgIpc) is 2.45. The Morgan fingerprint density at radius 3 is 2.90 bits per heavy atom. The number of benzene rings is 1. The van der Waals surface area contributed by atoms with Gasteiger partial charge in [-0.05, 0) is 55.9 Å². The lowest BCUT2D eigenvalue weighted by Crippen LogP contribution is -2.35. The molecule has 21 heavy (non-hydrogen) atoms. The van der Waals surface area contributed by atoms with Gasteiger partial charge < -0.3 is 20.5 Å². The largest absolute Gasteiger partial charge is 0.496 e. The first-order valence-corrected chi connectivity index (χ1v) is 7.46. The number of methoxy groups -OCH3 is 1. The summed E-state index contributed by atoms with van der Waals surface area (Å²) in [6, 6.07) is 5.32. The van der Waals surface area contributed by atoms with Crippen LogP contribution >= 0.6 is 0 Å². The minimum Gasteiger partial charge on any atom is -0.496 e. The van der Waals surface area contributed by atoms with Crippen molar-refractivity contribution < 1.29 is 14.6 Å². The lowest BCUT2D eigenvalue weighted by Gasteiger charge is -2.25. The van der Waals surface area contributed by atoms with Gasteiger partial charge in [0.15, 0.2) is 0 Å². The molecule has 0 heterocycles. The molecule has 2 amide bonds. The summed E-state index contributed by atoms with van der Waals surface area (Å²) in [4.78, 5) is 11.9. The van der Waals surface area contributed by atoms with E-state index in [2.05, 4.69) is 10.6 Å². The van der Waals surface area contributed by atoms with Gasteiger partial charge in [-0.25, -0.2) is 4.79 Å². The molecule has 116 valence electrons. The Morgan fingerprint density at radius 1 is 1.43 bits per heavy atom. The van der Waals surface area contributed by atoms with Gasteiger partial charge in [-0.15, -0.1) is 0 Å². The molecule has 0 aromatic heterocycles. The standard InChI is InChI=1S/C16H24N2O3/c1-11-8-13(6-7-15(11)21-2)18-16(20)17-10-12-4-3-5-14(19)9-12/h6-8,12,14,19H,3-5,9-10H2,1-2H3,(H2,17,18,20). The zero-order valence-electron chi connectivity index (χ0n) is 12.7. The van der Waals surface area contributed by atoms with E-state index < -0.39 is 0 Å². The maximum atomic E-state index is 11.9. The second kappa shape index (κ2) is 7.31. The predicted molar refractivity (Wildman–Crippen MR) is 82.7 cm³/mol. The van der Waals surface area contributed by atoms with Gasteiger partial charge in [0.2, 0.25) is 0 Å². The summed E-state index contributed by atoms with van der Waals surface area (Å²) in [5.74, 6) is 1.18. The minimum atomic E-state index is -0.210. The number of aliphatic hydroxyl groups excluding tert-OH is 1. The highest BCUT2D eigenvalue weighted by atomic mass is 16.5. The summed E-state index contributed by atoms with van der Waals surface area (Å²) in [7, 11) is 1.63. The van der Waals surface area contributed by atoms with Gasteiger partial charge in [0.25, 0.3) is 0 Å². The Bertz CT molecular complexity index is 490. The highest BCUT2D eigenvalue weighted by Crippen LogP contribution is 2.24. The van der Waals surface area contributed by atoms with Crippen molar-refractivity contribution in [3.63, 3.8) is 0 Å². The molecule has 5 heteroatoms. The summed E-state index contributed by atoms with van der Waals surface area (Å²) < 4.78 is 5.19. The second-order valence-corrected chi connectivity index (χ2v) is 5.71. The topological polar surface area (TPSA) is 70.6 Å². The SMILES string of the molecule is COc1ccc(NC(=O)NCC2CCCC(O)C2)cc1C. The Labute approximate surface area is 125 Å². The van der Waals surface area contributed by atoms with Crippen LogP contribution in [0.2, 0.25) is 0 Å². The molecular weight excluding hydrogens is 268 g/mol. The van der Waals surface area contributed by atoms with Crippen molar-refractivity contribution in [3.05, 3.63) is 23.8 Å². The summed E-state index contributed by atoms with van der Waals surface area (Å²) in [5.41, 5.74) is 1.72. The summed E-state index contributed by atoms with van der Waals surface area (Å²) >= 11 is 0. The Morgan fingerprint density at radius 2 is 2.24 bits per heavy atom. The molecular formula is C16H24N2O3. The molecule has 1 aromatic carbocycles. The molecule has 1 aliphatic carbocycles. The molecule has 1 aromatic rings. The summed E-state index contributed by atoms with van der Waals surface area (Å²) in [6.45, 7) is 2.55. The Hall–Kier alpha value is -1.75. The van der Waals surface area contributed by atoms with Crippen LogP contribution < -0.4 is 15.4 Å². The quantitative estimate of drug-likeness (QED) is 0.799. The van der Waals surface area contributed by atoms with Crippen molar-refractivity contribution in [1.29, 1.82) is 0 Å². The van der Waals surface area contributed by atoms with Crippen molar-refractivity contribution in [2.75, 3.05) is 19.0 Å². The number of ether oxygens (including phenoxy) is 1. The number of hydrogen-bond acceptors (Lipinski definition) is 3. The van der Waals surface area contributed by atoms with Crippen molar-refractivity contribution in [3.8, 4) is 5.75 Å². The van der Waals surface area contributed by atoms with Crippen LogP contribution in [0, 0.1) is 12.8 Å². The first-order chi connectivity index (χ1) is 10.1. The molecule has 0 spiro atoms. The molecule has 1 fully saturated rings. The van der Waals surface area contributed by atoms with Gasteiger partial charge in [-0.2, -0.15) is 0 Å². The molecule has 0 saturated heterocycles. The molecule has 0 bridgehead atoms. The zero-order chi connectivity index (χ0) is 15.2. The lowest BCUT2D eigenvalue weighted by molar-refractivity contribution is 0.101. The van der Waals surface area contributed by atoms with Crippen LogP contribution in [-0.2, 0) is 0 Å². The van der Waals surface area contributed by atoms with E-state index in [0.29, 0.717) is 12.5 Å². The molecule has 2 atom stereocenters. The van der Waals surface area contributed by atoms with Gasteiger partial charge in [-0.1, -0.05) is 6.42 Å². The van der Waals surface area contributed by atoms with Crippen LogP contribution in [0.25, 0.3) is 0 Å². The molecule has 0 radical (unpaired) electrons. The van der Waals surface area contributed by atoms with Gasteiger partial charge in [0, 0.05) is 12.2 Å². The Balaban J connectivity index is 1.80. The molecule has 3 N–H and O–H groups in total. The summed E-state index contributed by atoms with van der Waals surface area (Å²) in [6.07, 6.45) is 3.56. The van der Waals surface area contributed by atoms with E-state index in [1.54, 1.807) is 7.11 Å². The molecule has 1 saturated carbocycles. The molecule has 2 unspecified atom stereocenters. The van der Waals surface area contributed by atoms with Gasteiger partial charge >= 0.3 is 6.03 Å². The number of nitrogens with one attached hydrogen (secondary N) is 2. The van der Waals surface area contributed by atoms with E-state index in [1.807, 2.05) is 25.1 Å². The third-order valence-corrected chi connectivity index (χ3v) is 3.96. The van der Waals surface area contributed by atoms with Crippen molar-refractivity contribution in [1.82, 2.24) is 5.32 Å². The number of carbonyl (C=O) groups excluding carboxylic acids is 1. The third kappa shape index (κ3) is 4.63. The molecule has 2 rings (SSSR count). The van der Waals surface area contributed by atoms with Crippen LogP contribution in [0.5, 0.6) is 5.75 Å². The van der Waals surface area contributed by atoms with Crippen LogP contribution in [0.4, 0.5) is 10.5 Å². The van der Waals surface area contributed by atoms with E-state index in [1.165, 1.54) is 0 Å². The summed E-state index contributed by atoms with van der Waals surface area (Å²) in [5, 5.41) is 15.3. The third-order valence-electron chi connectivity index (χ3n) is 3.96. The fourth-order valence-corrected chi connectivity index (χ4v) is 2.82. The number of aliphatic hydroxyl groups is 1. The molecule has 5 nitrogen and oxygen atoms in total. The van der Waals surface area contributed by atoms with E-state index in [0.717, 1.165) is 42.7 Å². The van der Waals surface area contributed by atoms with Crippen LogP contribution in [0.15, 0.2) is 18.2 Å². The van der Waals surface area contributed by atoms with Crippen LogP contribution in [-0.4, -0.2) is 30.9 Å². The lowest BCUT2D eigenvalue weighted by atomic mass is 9.87. The van der Waals surface area contributed by atoms with Gasteiger partial charge in [0.05, 0.1) is 13.2 Å². The first kappa shape index (κ1) is 15.6. The van der Waals surface area contributed by atoms with Gasteiger partial charge in [-0.3, -0.25) is 0 Å². The highest BCUT2D eigenvalue weighted by Gasteiger charge is 2.20. The van der Waals surface area contributed by atoms with E-state index in [-0.39, 0.29) is 12.1 Å². The molecule has 1 aliphatic rings. The van der Waals surface area contributed by atoms with Crippen LogP contribution in [0.1, 0.15) is 31.2 Å². The second-order valence-electron chi connectivity index (χ2n) is 5.71. The smallest absolute Gasteiger partial charge is 0.319 e. The minimum absolute atomic E-state index is 0.209. The van der Waals surface area contributed by atoms with E-state index in [9.17, 15) is 9.90 Å². The fraction of sp³-hybridized carbons (Fsp3) is 0.562. The van der Waals surface area contributed by atoms with E-state index in [4.69, 9.17) is 4.74 Å².